The van der Waals surface area contributed by atoms with Crippen LogP contribution in [0.15, 0.2) is 84.9 Å². The van der Waals surface area contributed by atoms with Gasteiger partial charge in [0, 0.05) is 23.4 Å². The van der Waals surface area contributed by atoms with Crippen molar-refractivity contribution in [2.45, 2.75) is 77.6 Å². The molecule has 1 aromatic heterocycles. The largest absolute Gasteiger partial charge is 0.459 e. The Morgan fingerprint density at radius 2 is 1.61 bits per heavy atom. The van der Waals surface area contributed by atoms with Crippen LogP contribution >= 0.6 is 18.9 Å². The molecule has 1 N–H and O–H groups in total. The molecule has 2 fully saturated rings. The van der Waals surface area contributed by atoms with Gasteiger partial charge in [0.05, 0.1) is 37.3 Å². The van der Waals surface area contributed by atoms with Gasteiger partial charge in [0.25, 0.3) is 5.91 Å². The minimum Gasteiger partial charge on any atom is -0.459 e. The second-order valence-electron chi connectivity index (χ2n) is 15.8. The van der Waals surface area contributed by atoms with Crippen molar-refractivity contribution in [2.75, 3.05) is 46.1 Å². The predicted molar refractivity (Wildman–Crippen MR) is 225 cm³/mol. The summed E-state index contributed by atoms with van der Waals surface area (Å²) in [6.07, 6.45) is -1.04. The Labute approximate surface area is 358 Å². The number of thiophene rings is 1. The number of hydrogen-bond donors (Lipinski definition) is 1. The van der Waals surface area contributed by atoms with Crippen molar-refractivity contribution < 1.29 is 55.8 Å². The van der Waals surface area contributed by atoms with Crippen molar-refractivity contribution in [3.8, 4) is 0 Å². The molecule has 17 heteroatoms. The van der Waals surface area contributed by atoms with Crippen LogP contribution in [-0.4, -0.2) is 97.7 Å². The maximum absolute atomic E-state index is 15.6. The van der Waals surface area contributed by atoms with Gasteiger partial charge in [-0.25, -0.2) is 4.79 Å². The zero-order chi connectivity index (χ0) is 44.0. The minimum atomic E-state index is -4.88. The summed E-state index contributed by atoms with van der Waals surface area (Å²) < 4.78 is 72.3. The molecular formula is C44H52F2N3O10PS. The third-order valence-electron chi connectivity index (χ3n) is 10.5. The van der Waals surface area contributed by atoms with Crippen LogP contribution in [0.3, 0.4) is 0 Å². The molecule has 3 amide bonds. The van der Waals surface area contributed by atoms with Crippen molar-refractivity contribution in [3.63, 3.8) is 0 Å². The third kappa shape index (κ3) is 10.6. The standard InChI is InChI=1S/C44H52F2N3O10PS/c1-6-58-60(54,59-7-2)44(45,46)32-18-19-35-31(24-32)25-36(61-35)40(51)47-39(43(3,4)5)42(53)49-21-20-33(56-28-37(50)57-27-29-14-10-8-11-15-29)38(49)41(52)48-22-23-55-34(26-48)30-16-12-9-13-17-30/h8-19,24-25,33-34,38-39H,6-7,20-23,26-28H2,1-5H3,(H,47,51)/t33-,34+,38+,39-/m1/s1. The van der Waals surface area contributed by atoms with E-state index in [1.54, 1.807) is 25.7 Å². The number of ether oxygens (including phenoxy) is 3. The Bertz CT molecular complexity index is 2210. The van der Waals surface area contributed by atoms with E-state index in [4.69, 9.17) is 23.3 Å². The van der Waals surface area contributed by atoms with Crippen LogP contribution in [0.1, 0.15) is 73.5 Å². The molecule has 0 saturated carbocycles. The van der Waals surface area contributed by atoms with E-state index in [9.17, 15) is 23.7 Å². The number of halogens is 2. The highest BCUT2D eigenvalue weighted by atomic mass is 32.1. The third-order valence-corrected chi connectivity index (χ3v) is 13.8. The molecular weight excluding hydrogens is 832 g/mol. The lowest BCUT2D eigenvalue weighted by Crippen LogP contribution is -2.60. The van der Waals surface area contributed by atoms with E-state index in [0.717, 1.165) is 34.6 Å². The molecule has 0 unspecified atom stereocenters. The molecule has 2 saturated heterocycles. The van der Waals surface area contributed by atoms with Gasteiger partial charge in [0.2, 0.25) is 11.8 Å². The van der Waals surface area contributed by atoms with E-state index in [2.05, 4.69) is 5.32 Å². The molecule has 6 rings (SSSR count). The number of amides is 3. The zero-order valence-corrected chi connectivity index (χ0v) is 36.6. The maximum Gasteiger partial charge on any atom is 0.404 e. The quantitative estimate of drug-likeness (QED) is 0.0877. The van der Waals surface area contributed by atoms with E-state index in [1.165, 1.54) is 30.9 Å². The summed E-state index contributed by atoms with van der Waals surface area (Å²) >= 11 is 1.03. The minimum absolute atomic E-state index is 0.0413. The number of carbonyl (C=O) groups excluding carboxylic acids is 4. The second kappa shape index (κ2) is 19.6. The maximum atomic E-state index is 15.6. The average molecular weight is 884 g/mol. The lowest BCUT2D eigenvalue weighted by molar-refractivity contribution is -0.159. The van der Waals surface area contributed by atoms with Crippen molar-refractivity contribution >= 4 is 52.7 Å². The Hall–Kier alpha value is -4.57. The van der Waals surface area contributed by atoms with E-state index in [-0.39, 0.29) is 68.7 Å². The number of morpholine rings is 1. The first-order valence-electron chi connectivity index (χ1n) is 20.2. The van der Waals surface area contributed by atoms with E-state index in [1.807, 2.05) is 60.7 Å². The molecule has 3 heterocycles. The van der Waals surface area contributed by atoms with Crippen LogP contribution in [0.5, 0.6) is 0 Å². The van der Waals surface area contributed by atoms with Gasteiger partial charge < -0.3 is 38.4 Å². The highest BCUT2D eigenvalue weighted by Crippen LogP contribution is 2.67. The molecule has 0 bridgehead atoms. The smallest absolute Gasteiger partial charge is 0.404 e. The van der Waals surface area contributed by atoms with Gasteiger partial charge in [-0.3, -0.25) is 18.9 Å². The van der Waals surface area contributed by atoms with Crippen LogP contribution in [0, 0.1) is 5.41 Å². The van der Waals surface area contributed by atoms with Crippen molar-refractivity contribution in [1.29, 1.82) is 0 Å². The van der Waals surface area contributed by atoms with E-state index < -0.39 is 72.9 Å². The number of nitrogens with zero attached hydrogens (tertiary/aromatic N) is 2. The molecule has 0 spiro atoms. The van der Waals surface area contributed by atoms with Crippen molar-refractivity contribution in [2.24, 2.45) is 5.41 Å². The molecule has 13 nitrogen and oxygen atoms in total. The number of alkyl halides is 2. The van der Waals surface area contributed by atoms with Crippen LogP contribution in [-0.2, 0) is 54.5 Å². The molecule has 61 heavy (non-hydrogen) atoms. The fraction of sp³-hybridized carbons (Fsp3) is 0.455. The summed E-state index contributed by atoms with van der Waals surface area (Å²) in [5.74, 6) is -2.18. The number of fused-ring (bicyclic) bond motifs is 1. The summed E-state index contributed by atoms with van der Waals surface area (Å²) in [5, 5.41) is 3.16. The molecule has 2 aliphatic heterocycles. The lowest BCUT2D eigenvalue weighted by atomic mass is 9.85. The Morgan fingerprint density at radius 1 is 0.934 bits per heavy atom. The number of nitrogens with one attached hydrogen (secondary N) is 1. The molecule has 328 valence electrons. The number of carbonyl (C=O) groups is 4. The first kappa shape index (κ1) is 45.9. The monoisotopic (exact) mass is 883 g/mol. The molecule has 4 atom stereocenters. The molecule has 4 aromatic rings. The Morgan fingerprint density at radius 3 is 2.26 bits per heavy atom. The van der Waals surface area contributed by atoms with Crippen LogP contribution in [0.2, 0.25) is 0 Å². The van der Waals surface area contributed by atoms with Crippen LogP contribution in [0.4, 0.5) is 8.78 Å². The van der Waals surface area contributed by atoms with Gasteiger partial charge in [0.15, 0.2) is 0 Å². The van der Waals surface area contributed by atoms with Crippen LogP contribution < -0.4 is 5.32 Å². The van der Waals surface area contributed by atoms with E-state index >= 15 is 8.78 Å². The summed E-state index contributed by atoms with van der Waals surface area (Å²) in [5.41, 5.74) is -3.75. The number of hydrogen-bond acceptors (Lipinski definition) is 11. The Balaban J connectivity index is 1.23. The molecule has 2 aliphatic rings. The first-order valence-corrected chi connectivity index (χ1v) is 22.6. The fourth-order valence-electron chi connectivity index (χ4n) is 7.40. The van der Waals surface area contributed by atoms with Crippen molar-refractivity contribution in [3.05, 3.63) is 106 Å². The normalized spacial score (nSPS) is 19.2. The predicted octanol–water partition coefficient (Wildman–Crippen LogP) is 7.69. The molecule has 0 aliphatic carbocycles. The summed E-state index contributed by atoms with van der Waals surface area (Å²) in [6.45, 7) is 8.15. The van der Waals surface area contributed by atoms with Gasteiger partial charge >= 0.3 is 19.2 Å². The zero-order valence-electron chi connectivity index (χ0n) is 34.8. The highest BCUT2D eigenvalue weighted by molar-refractivity contribution is 7.54. The number of likely N-dealkylation sites (tertiary alicyclic amines) is 1. The van der Waals surface area contributed by atoms with Gasteiger partial charge in [0.1, 0.15) is 31.4 Å². The number of benzene rings is 3. The summed E-state index contributed by atoms with van der Waals surface area (Å²) in [4.78, 5) is 59.4. The first-order chi connectivity index (χ1) is 29.1. The van der Waals surface area contributed by atoms with Crippen molar-refractivity contribution in [1.82, 2.24) is 15.1 Å². The highest BCUT2D eigenvalue weighted by Gasteiger charge is 2.55. The summed E-state index contributed by atoms with van der Waals surface area (Å²) in [6, 6.07) is 21.5. The second-order valence-corrected chi connectivity index (χ2v) is 19.0. The number of esters is 1. The lowest BCUT2D eigenvalue weighted by Gasteiger charge is -2.39. The fourth-order valence-corrected chi connectivity index (χ4v) is 9.88. The number of rotatable bonds is 16. The summed E-state index contributed by atoms with van der Waals surface area (Å²) in [7, 11) is -4.88. The molecule has 3 aromatic carbocycles. The van der Waals surface area contributed by atoms with Gasteiger partial charge in [-0.1, -0.05) is 87.5 Å². The average Bonchev–Trinajstić information content (AvgIpc) is 3.88. The van der Waals surface area contributed by atoms with Gasteiger partial charge in [-0.05, 0) is 60.4 Å². The Kier molecular flexibility index (Phi) is 14.8. The van der Waals surface area contributed by atoms with Gasteiger partial charge in [-0.15, -0.1) is 11.3 Å². The van der Waals surface area contributed by atoms with Gasteiger partial charge in [-0.2, -0.15) is 8.78 Å². The topological polar surface area (TPSA) is 150 Å². The van der Waals surface area contributed by atoms with E-state index in [0.29, 0.717) is 4.70 Å². The van der Waals surface area contributed by atoms with Crippen LogP contribution in [0.25, 0.3) is 10.1 Å². The molecule has 0 radical (unpaired) electrons. The SMILES string of the molecule is CCOP(=O)(OCC)C(F)(F)c1ccc2sc(C(=O)N[C@H](C(=O)N3CC[C@@H](OCC(=O)OCc4ccccc4)[C@H]3C(=O)N3CCO[C@H](c4ccccc4)C3)C(C)(C)C)cc2c1.